The molecular weight excluding hydrogens is 415 g/mol. The van der Waals surface area contributed by atoms with Crippen molar-refractivity contribution in [2.45, 2.75) is 20.0 Å². The van der Waals surface area contributed by atoms with Crippen LogP contribution in [0, 0.1) is 12.9 Å². The number of H-pyrrole nitrogens is 1. The minimum Gasteiger partial charge on any atom is -0.496 e. The third-order valence-electron chi connectivity index (χ3n) is 4.76. The van der Waals surface area contributed by atoms with E-state index in [9.17, 15) is 4.39 Å². The second kappa shape index (κ2) is 9.61. The minimum atomic E-state index is -0.529. The van der Waals surface area contributed by atoms with Gasteiger partial charge in [0.25, 0.3) is 0 Å². The highest BCUT2D eigenvalue weighted by atomic mass is 32.1. The molecule has 0 amide bonds. The number of pyridine rings is 2. The van der Waals surface area contributed by atoms with E-state index in [1.165, 1.54) is 12.3 Å². The Kier molecular flexibility index (Phi) is 6.91. The number of methoxy groups -OCH3 is 1. The summed E-state index contributed by atoms with van der Waals surface area (Å²) in [6.07, 6.45) is 4.81. The Labute approximate surface area is 187 Å². The Morgan fingerprint density at radius 3 is 2.48 bits per heavy atom. The van der Waals surface area contributed by atoms with Crippen LogP contribution < -0.4 is 9.47 Å². The fraction of sp³-hybridized carbons (Fsp3) is 0.174. The molecule has 0 aliphatic carbocycles. The molecule has 0 radical (unpaired) electrons. The molecule has 4 aromatic rings. The summed E-state index contributed by atoms with van der Waals surface area (Å²) in [6.45, 7) is 3.93. The molecule has 31 heavy (non-hydrogen) atoms. The van der Waals surface area contributed by atoms with Crippen molar-refractivity contribution in [1.82, 2.24) is 19.9 Å². The number of benzene rings is 1. The van der Waals surface area contributed by atoms with Crippen molar-refractivity contribution < 1.29 is 13.9 Å². The summed E-state index contributed by atoms with van der Waals surface area (Å²) in [5.74, 6) is 1.40. The second-order valence-corrected chi connectivity index (χ2v) is 6.87. The van der Waals surface area contributed by atoms with Gasteiger partial charge in [0.15, 0.2) is 0 Å². The summed E-state index contributed by atoms with van der Waals surface area (Å²) < 4.78 is 24.7. The zero-order valence-electron chi connectivity index (χ0n) is 17.4. The lowest BCUT2D eigenvalue weighted by Gasteiger charge is -2.16. The van der Waals surface area contributed by atoms with E-state index in [0.29, 0.717) is 22.9 Å². The van der Waals surface area contributed by atoms with E-state index in [2.05, 4.69) is 19.9 Å². The topological polar surface area (TPSA) is 72.9 Å². The molecule has 0 bridgehead atoms. The number of rotatable bonds is 6. The molecule has 6 nitrogen and oxygen atoms in total. The predicted molar refractivity (Wildman–Crippen MR) is 122 cm³/mol. The van der Waals surface area contributed by atoms with Crippen LogP contribution in [0.2, 0.25) is 0 Å². The molecule has 160 valence electrons. The number of hydrogen-bond donors (Lipinski definition) is 1. The Hall–Kier alpha value is -3.39. The van der Waals surface area contributed by atoms with Crippen LogP contribution in [0.5, 0.6) is 11.5 Å². The summed E-state index contributed by atoms with van der Waals surface area (Å²) in [5.41, 5.74) is 4.26. The number of nitrogens with one attached hydrogen (secondary N) is 1. The van der Waals surface area contributed by atoms with Gasteiger partial charge in [0.1, 0.15) is 23.4 Å². The molecule has 3 heterocycles. The van der Waals surface area contributed by atoms with Crippen molar-refractivity contribution in [1.29, 1.82) is 0 Å². The smallest absolute Gasteiger partial charge is 0.212 e. The molecule has 0 saturated carbocycles. The van der Waals surface area contributed by atoms with E-state index in [1.54, 1.807) is 19.4 Å². The molecular formula is C23H23FN4O2S. The minimum absolute atomic E-state index is 0. The first-order valence-corrected chi connectivity index (χ1v) is 9.48. The molecule has 3 aromatic heterocycles. The van der Waals surface area contributed by atoms with Crippen molar-refractivity contribution >= 4 is 13.5 Å². The Bertz CT molecular complexity index is 1150. The quantitative estimate of drug-likeness (QED) is 0.417. The standard InChI is InChI=1S/C23H21FN4O2.H2S/c1-14-4-5-16(11-25-14)15(2)30-18-7-8-19(21(10-18)29-3)20-13-27-23(28-20)17-6-9-22(24)26-12-17;/h4-13,15H,1-3H3,(H,27,28);1H2/t15-;/m0./s1. The fourth-order valence-corrected chi connectivity index (χ4v) is 3.08. The van der Waals surface area contributed by atoms with Crippen molar-refractivity contribution in [3.8, 4) is 34.1 Å². The van der Waals surface area contributed by atoms with Gasteiger partial charge in [-0.3, -0.25) is 4.98 Å². The average molecular weight is 439 g/mol. The molecule has 0 aliphatic rings. The van der Waals surface area contributed by atoms with Crippen LogP contribution in [0.4, 0.5) is 4.39 Å². The number of hydrogen-bond acceptors (Lipinski definition) is 5. The first kappa shape index (κ1) is 22.3. The van der Waals surface area contributed by atoms with Gasteiger partial charge in [-0.1, -0.05) is 6.07 Å². The third-order valence-corrected chi connectivity index (χ3v) is 4.76. The van der Waals surface area contributed by atoms with Crippen LogP contribution in [0.1, 0.15) is 24.3 Å². The van der Waals surface area contributed by atoms with E-state index < -0.39 is 5.95 Å². The average Bonchev–Trinajstić information content (AvgIpc) is 3.24. The lowest BCUT2D eigenvalue weighted by Crippen LogP contribution is -2.04. The highest BCUT2D eigenvalue weighted by molar-refractivity contribution is 7.59. The molecule has 0 spiro atoms. The van der Waals surface area contributed by atoms with Gasteiger partial charge in [-0.25, -0.2) is 9.97 Å². The normalized spacial score (nSPS) is 11.5. The molecule has 1 N–H and O–H groups in total. The summed E-state index contributed by atoms with van der Waals surface area (Å²) in [7, 11) is 1.61. The summed E-state index contributed by atoms with van der Waals surface area (Å²) >= 11 is 0. The van der Waals surface area contributed by atoms with E-state index >= 15 is 0 Å². The molecule has 4 rings (SSSR count). The molecule has 0 aliphatic heterocycles. The second-order valence-electron chi connectivity index (χ2n) is 6.87. The van der Waals surface area contributed by atoms with Crippen molar-refractivity contribution in [2.24, 2.45) is 0 Å². The zero-order valence-corrected chi connectivity index (χ0v) is 18.4. The maximum Gasteiger partial charge on any atom is 0.212 e. The van der Waals surface area contributed by atoms with E-state index in [-0.39, 0.29) is 19.6 Å². The molecule has 0 fully saturated rings. The molecule has 1 aromatic carbocycles. The number of aromatic amines is 1. The van der Waals surface area contributed by atoms with E-state index in [0.717, 1.165) is 22.5 Å². The van der Waals surface area contributed by atoms with Gasteiger partial charge in [0.2, 0.25) is 5.95 Å². The van der Waals surface area contributed by atoms with Gasteiger partial charge in [-0.2, -0.15) is 17.9 Å². The van der Waals surface area contributed by atoms with Crippen molar-refractivity contribution in [3.05, 3.63) is 78.3 Å². The van der Waals surface area contributed by atoms with Gasteiger partial charge < -0.3 is 14.5 Å². The highest BCUT2D eigenvalue weighted by Gasteiger charge is 2.14. The van der Waals surface area contributed by atoms with Crippen LogP contribution in [0.25, 0.3) is 22.6 Å². The molecule has 8 heteroatoms. The Morgan fingerprint density at radius 2 is 1.81 bits per heavy atom. The van der Waals surface area contributed by atoms with Crippen molar-refractivity contribution in [3.63, 3.8) is 0 Å². The van der Waals surface area contributed by atoms with Crippen molar-refractivity contribution in [2.75, 3.05) is 7.11 Å². The monoisotopic (exact) mass is 438 g/mol. The Morgan fingerprint density at radius 1 is 0.968 bits per heavy atom. The Balaban J connectivity index is 0.00000272. The van der Waals surface area contributed by atoms with Crippen LogP contribution >= 0.6 is 13.5 Å². The summed E-state index contributed by atoms with van der Waals surface area (Å²) in [6, 6.07) is 12.5. The largest absolute Gasteiger partial charge is 0.496 e. The highest BCUT2D eigenvalue weighted by Crippen LogP contribution is 2.34. The predicted octanol–water partition coefficient (Wildman–Crippen LogP) is 5.24. The first-order chi connectivity index (χ1) is 14.5. The van der Waals surface area contributed by atoms with Gasteiger partial charge in [-0.15, -0.1) is 0 Å². The zero-order chi connectivity index (χ0) is 21.1. The van der Waals surface area contributed by atoms with E-state index in [1.807, 2.05) is 50.4 Å². The maximum atomic E-state index is 13.1. The summed E-state index contributed by atoms with van der Waals surface area (Å²) in [4.78, 5) is 15.6. The van der Waals surface area contributed by atoms with E-state index in [4.69, 9.17) is 9.47 Å². The van der Waals surface area contributed by atoms with Gasteiger partial charge in [0, 0.05) is 40.8 Å². The van der Waals surface area contributed by atoms with Gasteiger partial charge >= 0.3 is 0 Å². The third kappa shape index (κ3) is 5.03. The SMILES string of the molecule is COc1cc(O[C@@H](C)c2ccc(C)nc2)ccc1-c1cnc(-c2ccc(F)nc2)[nH]1.S. The summed E-state index contributed by atoms with van der Waals surface area (Å²) in [5, 5.41) is 0. The molecule has 0 unspecified atom stereocenters. The lowest BCUT2D eigenvalue weighted by molar-refractivity contribution is 0.225. The van der Waals surface area contributed by atoms with Crippen LogP contribution in [0.3, 0.4) is 0 Å². The van der Waals surface area contributed by atoms with Crippen LogP contribution in [-0.2, 0) is 0 Å². The van der Waals surface area contributed by atoms with Crippen LogP contribution in [0.15, 0.2) is 61.1 Å². The number of imidazole rings is 1. The fourth-order valence-electron chi connectivity index (χ4n) is 3.08. The number of aryl methyl sites for hydroxylation is 1. The number of halogens is 1. The molecule has 1 atom stereocenters. The lowest BCUT2D eigenvalue weighted by atomic mass is 10.1. The molecule has 0 saturated heterocycles. The number of nitrogens with zero attached hydrogens (tertiary/aromatic N) is 3. The maximum absolute atomic E-state index is 13.1. The van der Waals surface area contributed by atoms with Crippen LogP contribution in [-0.4, -0.2) is 27.0 Å². The number of ether oxygens (including phenoxy) is 2. The van der Waals surface area contributed by atoms with Gasteiger partial charge in [0.05, 0.1) is 19.0 Å². The number of aromatic nitrogens is 4. The van der Waals surface area contributed by atoms with Gasteiger partial charge in [-0.05, 0) is 44.2 Å². The first-order valence-electron chi connectivity index (χ1n) is 9.48.